The maximum atomic E-state index is 12.9. The topological polar surface area (TPSA) is 166 Å². The molecule has 0 bridgehead atoms. The van der Waals surface area contributed by atoms with Gasteiger partial charge in [-0.05, 0) is 36.2 Å². The van der Waals surface area contributed by atoms with Crippen LogP contribution in [0.5, 0.6) is 0 Å². The zero-order valence-corrected chi connectivity index (χ0v) is 14.4. The van der Waals surface area contributed by atoms with Crippen molar-refractivity contribution in [1.29, 1.82) is 0 Å². The van der Waals surface area contributed by atoms with Gasteiger partial charge in [-0.15, -0.1) is 0 Å². The molecule has 144 valence electrons. The normalized spacial score (nSPS) is 10.3. The van der Waals surface area contributed by atoms with Crippen molar-refractivity contribution in [3.05, 3.63) is 69.3 Å². The van der Waals surface area contributed by atoms with Crippen LogP contribution in [-0.4, -0.2) is 50.1 Å². The largest absolute Gasteiger partial charge is 0.478 e. The molecule has 0 aliphatic heterocycles. The number of hydrogen-bond donors (Lipinski definition) is 4. The quantitative estimate of drug-likeness (QED) is 0.522. The Morgan fingerprint density at radius 1 is 0.679 bits per heavy atom. The highest BCUT2D eigenvalue weighted by atomic mass is 16.4. The highest BCUT2D eigenvalue weighted by Gasteiger charge is 2.26. The zero-order chi connectivity index (χ0) is 21.2. The first-order chi connectivity index (χ1) is 13.1. The standard InChI is InChI=1S/C19H14O9/c1-2-9-10(5-6-12(17(23)24)14(9)19(27)28)15(20)8-3-4-11(16(21)22)13(7-8)18(25)26/h3-7H,2H2,1H3,(H,21,22)(H,23,24)(H,25,26)(H,27,28). The van der Waals surface area contributed by atoms with E-state index in [1.807, 2.05) is 0 Å². The first-order valence-corrected chi connectivity index (χ1v) is 7.87. The SMILES string of the molecule is CCc1c(C(=O)c2ccc(C(=O)O)c(C(=O)O)c2)ccc(C(=O)O)c1C(=O)O. The Morgan fingerprint density at radius 3 is 1.64 bits per heavy atom. The molecule has 0 amide bonds. The molecule has 2 rings (SSSR count). The lowest BCUT2D eigenvalue weighted by Gasteiger charge is -2.13. The van der Waals surface area contributed by atoms with Crippen molar-refractivity contribution in [3.8, 4) is 0 Å². The van der Waals surface area contributed by atoms with Crippen molar-refractivity contribution >= 4 is 29.7 Å². The van der Waals surface area contributed by atoms with Gasteiger partial charge in [-0.1, -0.05) is 13.0 Å². The van der Waals surface area contributed by atoms with E-state index in [0.717, 1.165) is 30.3 Å². The molecule has 2 aromatic carbocycles. The van der Waals surface area contributed by atoms with Crippen LogP contribution in [0.15, 0.2) is 30.3 Å². The van der Waals surface area contributed by atoms with Gasteiger partial charge in [-0.2, -0.15) is 0 Å². The van der Waals surface area contributed by atoms with Gasteiger partial charge >= 0.3 is 23.9 Å². The summed E-state index contributed by atoms with van der Waals surface area (Å²) in [5.41, 5.74) is -2.41. The number of rotatable bonds is 7. The van der Waals surface area contributed by atoms with Crippen molar-refractivity contribution in [3.63, 3.8) is 0 Å². The van der Waals surface area contributed by atoms with E-state index in [2.05, 4.69) is 0 Å². The molecule has 0 spiro atoms. The fourth-order valence-corrected chi connectivity index (χ4v) is 2.85. The Hall–Kier alpha value is -4.01. The van der Waals surface area contributed by atoms with Crippen LogP contribution < -0.4 is 0 Å². The lowest BCUT2D eigenvalue weighted by molar-refractivity contribution is 0.0650. The van der Waals surface area contributed by atoms with Gasteiger partial charge in [0.25, 0.3) is 0 Å². The van der Waals surface area contributed by atoms with Gasteiger partial charge in [0.15, 0.2) is 5.78 Å². The predicted octanol–water partition coefficient (Wildman–Crippen LogP) is 2.27. The number of benzene rings is 2. The van der Waals surface area contributed by atoms with Crippen LogP contribution in [0.2, 0.25) is 0 Å². The second kappa shape index (κ2) is 7.70. The average molecular weight is 386 g/mol. The van der Waals surface area contributed by atoms with Crippen molar-refractivity contribution < 1.29 is 44.4 Å². The maximum absolute atomic E-state index is 12.9. The second-order valence-electron chi connectivity index (χ2n) is 5.68. The first-order valence-electron chi connectivity index (χ1n) is 7.87. The molecule has 4 N–H and O–H groups in total. The molecule has 0 aliphatic rings. The third-order valence-electron chi connectivity index (χ3n) is 4.10. The van der Waals surface area contributed by atoms with Gasteiger partial charge in [-0.3, -0.25) is 4.79 Å². The zero-order valence-electron chi connectivity index (χ0n) is 14.4. The molecular formula is C19H14O9. The summed E-state index contributed by atoms with van der Waals surface area (Å²) in [7, 11) is 0. The van der Waals surface area contributed by atoms with Gasteiger partial charge in [0.1, 0.15) is 0 Å². The van der Waals surface area contributed by atoms with Gasteiger partial charge in [0, 0.05) is 11.1 Å². The number of carbonyl (C=O) groups is 5. The lowest BCUT2D eigenvalue weighted by Crippen LogP contribution is -2.17. The minimum atomic E-state index is -1.55. The summed E-state index contributed by atoms with van der Waals surface area (Å²) >= 11 is 0. The molecule has 0 atom stereocenters. The summed E-state index contributed by atoms with van der Waals surface area (Å²) < 4.78 is 0. The van der Waals surface area contributed by atoms with E-state index in [4.69, 9.17) is 5.11 Å². The number of aromatic carboxylic acids is 4. The van der Waals surface area contributed by atoms with E-state index in [1.54, 1.807) is 6.92 Å². The van der Waals surface area contributed by atoms with Gasteiger partial charge in [-0.25, -0.2) is 19.2 Å². The molecule has 0 radical (unpaired) electrons. The van der Waals surface area contributed by atoms with E-state index in [9.17, 15) is 39.3 Å². The third kappa shape index (κ3) is 3.58. The van der Waals surface area contributed by atoms with Crippen LogP contribution in [0.25, 0.3) is 0 Å². The van der Waals surface area contributed by atoms with Crippen molar-refractivity contribution in [2.24, 2.45) is 0 Å². The Kier molecular flexibility index (Phi) is 5.59. The van der Waals surface area contributed by atoms with E-state index >= 15 is 0 Å². The molecule has 28 heavy (non-hydrogen) atoms. The Labute approximate surface area is 157 Å². The van der Waals surface area contributed by atoms with Crippen LogP contribution in [0.3, 0.4) is 0 Å². The highest BCUT2D eigenvalue weighted by Crippen LogP contribution is 2.24. The number of carboxylic acid groups (broad SMARTS) is 4. The fraction of sp³-hybridized carbons (Fsp3) is 0.105. The van der Waals surface area contributed by atoms with Gasteiger partial charge in [0.2, 0.25) is 0 Å². The molecule has 0 saturated heterocycles. The molecular weight excluding hydrogens is 372 g/mol. The fourth-order valence-electron chi connectivity index (χ4n) is 2.85. The van der Waals surface area contributed by atoms with Crippen LogP contribution in [0.4, 0.5) is 0 Å². The van der Waals surface area contributed by atoms with Gasteiger partial charge < -0.3 is 20.4 Å². The van der Waals surface area contributed by atoms with E-state index in [0.29, 0.717) is 0 Å². The molecule has 9 nitrogen and oxygen atoms in total. The maximum Gasteiger partial charge on any atom is 0.336 e. The smallest absolute Gasteiger partial charge is 0.336 e. The molecule has 9 heteroatoms. The number of ketones is 1. The molecule has 0 saturated carbocycles. The van der Waals surface area contributed by atoms with E-state index in [-0.39, 0.29) is 23.1 Å². The highest BCUT2D eigenvalue weighted by molar-refractivity contribution is 6.14. The molecule has 0 heterocycles. The monoisotopic (exact) mass is 386 g/mol. The number of hydrogen-bond acceptors (Lipinski definition) is 5. The van der Waals surface area contributed by atoms with Crippen LogP contribution in [-0.2, 0) is 6.42 Å². The molecule has 0 aromatic heterocycles. The third-order valence-corrected chi connectivity index (χ3v) is 4.10. The number of carbonyl (C=O) groups excluding carboxylic acids is 1. The summed E-state index contributed by atoms with van der Waals surface area (Å²) in [5, 5.41) is 36.8. The van der Waals surface area contributed by atoms with Crippen LogP contribution in [0.1, 0.15) is 69.8 Å². The molecule has 2 aromatic rings. The van der Waals surface area contributed by atoms with E-state index < -0.39 is 51.9 Å². The number of carboxylic acids is 4. The van der Waals surface area contributed by atoms with Gasteiger partial charge in [0.05, 0.1) is 22.3 Å². The first kappa shape index (κ1) is 20.3. The Morgan fingerprint density at radius 2 is 1.18 bits per heavy atom. The summed E-state index contributed by atoms with van der Waals surface area (Å²) in [5.74, 6) is -6.77. The Bertz CT molecular complexity index is 1030. The lowest BCUT2D eigenvalue weighted by atomic mass is 9.89. The average Bonchev–Trinajstić information content (AvgIpc) is 2.65. The minimum Gasteiger partial charge on any atom is -0.478 e. The molecule has 0 aliphatic carbocycles. The van der Waals surface area contributed by atoms with Crippen molar-refractivity contribution in [2.45, 2.75) is 13.3 Å². The summed E-state index contributed by atoms with van der Waals surface area (Å²) in [6.07, 6.45) is 0.0306. The van der Waals surface area contributed by atoms with Crippen LogP contribution >= 0.6 is 0 Å². The molecule has 0 unspecified atom stereocenters. The van der Waals surface area contributed by atoms with Crippen LogP contribution in [0, 0.1) is 0 Å². The predicted molar refractivity (Wildman–Crippen MR) is 93.5 cm³/mol. The summed E-state index contributed by atoms with van der Waals surface area (Å²) in [6.45, 7) is 1.54. The Balaban J connectivity index is 2.71. The summed E-state index contributed by atoms with van der Waals surface area (Å²) in [6, 6.07) is 5.11. The van der Waals surface area contributed by atoms with Crippen molar-refractivity contribution in [2.75, 3.05) is 0 Å². The summed E-state index contributed by atoms with van der Waals surface area (Å²) in [4.78, 5) is 58.2. The van der Waals surface area contributed by atoms with E-state index in [1.165, 1.54) is 0 Å². The second-order valence-corrected chi connectivity index (χ2v) is 5.68. The minimum absolute atomic E-state index is 0.0170. The molecule has 0 fully saturated rings. The van der Waals surface area contributed by atoms with Crippen molar-refractivity contribution in [1.82, 2.24) is 0 Å².